The van der Waals surface area contributed by atoms with Crippen LogP contribution in [0.4, 0.5) is 0 Å². The Morgan fingerprint density at radius 3 is 2.41 bits per heavy atom. The van der Waals surface area contributed by atoms with Crippen LogP contribution in [-0.4, -0.2) is 46.6 Å². The van der Waals surface area contributed by atoms with Crippen molar-refractivity contribution in [2.75, 3.05) is 20.7 Å². The highest BCUT2D eigenvalue weighted by molar-refractivity contribution is 5.94. The number of ketones is 1. The minimum atomic E-state index is -0.244. The molecule has 1 aromatic carbocycles. The van der Waals surface area contributed by atoms with Crippen molar-refractivity contribution in [3.63, 3.8) is 0 Å². The van der Waals surface area contributed by atoms with Crippen molar-refractivity contribution in [3.05, 3.63) is 59.4 Å². The molecule has 0 aliphatic rings. The van der Waals surface area contributed by atoms with Gasteiger partial charge in [0.1, 0.15) is 0 Å². The quantitative estimate of drug-likeness (QED) is 0.482. The number of aliphatic hydroxyl groups is 1. The minimum Gasteiger partial charge on any atom is -0.394 e. The molecule has 2 aromatic rings. The van der Waals surface area contributed by atoms with E-state index < -0.39 is 0 Å². The van der Waals surface area contributed by atoms with Crippen molar-refractivity contribution >= 4 is 5.78 Å². The van der Waals surface area contributed by atoms with E-state index in [2.05, 4.69) is 36.1 Å². The molecule has 0 saturated carbocycles. The fraction of sp³-hybridized carbons (Fsp3) is 0.522. The normalized spacial score (nSPS) is 13.7. The summed E-state index contributed by atoms with van der Waals surface area (Å²) in [5.74, 6) is 0.217. The Morgan fingerprint density at radius 1 is 1.07 bits per heavy atom. The van der Waals surface area contributed by atoms with Crippen LogP contribution in [0, 0.1) is 0 Å². The predicted molar refractivity (Wildman–Crippen MR) is 111 cm³/mol. The van der Waals surface area contributed by atoms with Crippen molar-refractivity contribution in [2.45, 2.75) is 51.0 Å². The van der Waals surface area contributed by atoms with Crippen LogP contribution in [0.2, 0.25) is 0 Å². The van der Waals surface area contributed by atoms with Crippen LogP contribution in [-0.2, 0) is 19.9 Å². The first-order chi connectivity index (χ1) is 12.9. The van der Waals surface area contributed by atoms with Gasteiger partial charge >= 0.3 is 0 Å². The fourth-order valence-electron chi connectivity index (χ4n) is 3.31. The Hall–Kier alpha value is -1.91. The summed E-state index contributed by atoms with van der Waals surface area (Å²) in [6.45, 7) is 2.19. The van der Waals surface area contributed by atoms with Crippen molar-refractivity contribution in [2.24, 2.45) is 7.05 Å². The Bertz CT molecular complexity index is 721. The van der Waals surface area contributed by atoms with Gasteiger partial charge in [-0.2, -0.15) is 0 Å². The number of Topliss-reactive ketones (excluding diaryl/α,β-unsaturated/α-hetero) is 1. The maximum Gasteiger partial charge on any atom is 0.179 e. The van der Waals surface area contributed by atoms with Crippen LogP contribution in [0.5, 0.6) is 0 Å². The highest BCUT2D eigenvalue weighted by Crippen LogP contribution is 2.20. The van der Waals surface area contributed by atoms with Crippen molar-refractivity contribution in [1.82, 2.24) is 9.47 Å². The number of hydrogen-bond acceptors (Lipinski definition) is 3. The third-order valence-electron chi connectivity index (χ3n) is 5.81. The van der Waals surface area contributed by atoms with Crippen LogP contribution < -0.4 is 0 Å². The lowest BCUT2D eigenvalue weighted by molar-refractivity contribution is 0.0762. The van der Waals surface area contributed by atoms with Crippen LogP contribution in [0.1, 0.15) is 54.4 Å². The number of carbonyl (C=O) groups excluding carboxylic acids is 1. The largest absolute Gasteiger partial charge is 0.394 e. The molecule has 0 fully saturated rings. The maximum atomic E-state index is 12.6. The van der Waals surface area contributed by atoms with Gasteiger partial charge in [0, 0.05) is 24.7 Å². The van der Waals surface area contributed by atoms with Gasteiger partial charge in [0.05, 0.1) is 12.3 Å². The molecule has 148 valence electrons. The standard InChI is InChI=1S/C23H34N2O2/c1-23(18-26,24(2)3)17-16-20-14-15-21(25(20)4)22(27)13-9-8-12-19-10-6-5-7-11-19/h5-7,10-11,14-15,26H,8-9,12-13,16-18H2,1-4H3. The average Bonchev–Trinajstić information content (AvgIpc) is 3.04. The predicted octanol–water partition coefficient (Wildman–Crippen LogP) is 3.87. The number of aryl methyl sites for hydroxylation is 2. The summed E-state index contributed by atoms with van der Waals surface area (Å²) in [5, 5.41) is 9.70. The van der Waals surface area contributed by atoms with Gasteiger partial charge in [0.15, 0.2) is 5.78 Å². The number of carbonyl (C=O) groups is 1. The smallest absolute Gasteiger partial charge is 0.179 e. The number of benzene rings is 1. The van der Waals surface area contributed by atoms with Gasteiger partial charge in [-0.15, -0.1) is 0 Å². The first-order valence-corrected chi connectivity index (χ1v) is 9.87. The molecule has 1 N–H and O–H groups in total. The van der Waals surface area contributed by atoms with E-state index in [1.807, 2.05) is 43.9 Å². The maximum absolute atomic E-state index is 12.6. The summed E-state index contributed by atoms with van der Waals surface area (Å²) in [4.78, 5) is 14.7. The summed E-state index contributed by atoms with van der Waals surface area (Å²) in [7, 11) is 5.95. The molecule has 0 saturated heterocycles. The molecule has 0 radical (unpaired) electrons. The van der Waals surface area contributed by atoms with E-state index in [0.717, 1.165) is 43.5 Å². The highest BCUT2D eigenvalue weighted by atomic mass is 16.3. The van der Waals surface area contributed by atoms with Gasteiger partial charge in [-0.1, -0.05) is 30.3 Å². The molecule has 0 bridgehead atoms. The molecule has 0 spiro atoms. The molecule has 1 heterocycles. The lowest BCUT2D eigenvalue weighted by Crippen LogP contribution is -2.45. The highest BCUT2D eigenvalue weighted by Gasteiger charge is 2.26. The van der Waals surface area contributed by atoms with E-state index in [1.54, 1.807) is 0 Å². The van der Waals surface area contributed by atoms with Gasteiger partial charge in [-0.05, 0) is 70.8 Å². The molecule has 2 rings (SSSR count). The molecule has 0 amide bonds. The average molecular weight is 371 g/mol. The van der Waals surface area contributed by atoms with Crippen molar-refractivity contribution < 1.29 is 9.90 Å². The number of likely N-dealkylation sites (N-methyl/N-ethyl adjacent to an activating group) is 1. The summed E-state index contributed by atoms with van der Waals surface area (Å²) in [6.07, 6.45) is 5.25. The molecule has 4 nitrogen and oxygen atoms in total. The minimum absolute atomic E-state index is 0.123. The lowest BCUT2D eigenvalue weighted by Gasteiger charge is -2.34. The Kier molecular flexibility index (Phi) is 7.81. The van der Waals surface area contributed by atoms with E-state index in [9.17, 15) is 9.90 Å². The molecule has 1 unspecified atom stereocenters. The number of hydrogen-bond donors (Lipinski definition) is 1. The first kappa shape index (κ1) is 21.4. The molecule has 0 aliphatic heterocycles. The SMILES string of the molecule is CN(C)C(C)(CO)CCc1ccc(C(=O)CCCCc2ccccc2)n1C. The number of rotatable bonds is 11. The Balaban J connectivity index is 1.85. The fourth-order valence-corrected chi connectivity index (χ4v) is 3.31. The number of aliphatic hydroxyl groups excluding tert-OH is 1. The lowest BCUT2D eigenvalue weighted by atomic mass is 9.94. The second-order valence-corrected chi connectivity index (χ2v) is 7.93. The topological polar surface area (TPSA) is 45.5 Å². The molecule has 4 heteroatoms. The second kappa shape index (κ2) is 9.86. The summed E-state index contributed by atoms with van der Waals surface area (Å²) in [5.41, 5.74) is 3.02. The molecule has 0 aliphatic carbocycles. The second-order valence-electron chi connectivity index (χ2n) is 7.93. The first-order valence-electron chi connectivity index (χ1n) is 9.87. The number of nitrogens with zero attached hydrogens (tertiary/aromatic N) is 2. The van der Waals surface area contributed by atoms with Crippen LogP contribution in [0.3, 0.4) is 0 Å². The third-order valence-corrected chi connectivity index (χ3v) is 5.81. The van der Waals surface area contributed by atoms with E-state index in [-0.39, 0.29) is 17.9 Å². The van der Waals surface area contributed by atoms with Gasteiger partial charge in [-0.25, -0.2) is 0 Å². The third kappa shape index (κ3) is 5.78. The summed E-state index contributed by atoms with van der Waals surface area (Å²) < 4.78 is 2.02. The zero-order valence-corrected chi connectivity index (χ0v) is 17.2. The molecular weight excluding hydrogens is 336 g/mol. The monoisotopic (exact) mass is 370 g/mol. The van der Waals surface area contributed by atoms with E-state index in [4.69, 9.17) is 0 Å². The zero-order valence-electron chi connectivity index (χ0n) is 17.2. The number of unbranched alkanes of at least 4 members (excludes halogenated alkanes) is 1. The van der Waals surface area contributed by atoms with E-state index in [1.165, 1.54) is 5.56 Å². The zero-order chi connectivity index (χ0) is 19.9. The molecule has 1 aromatic heterocycles. The van der Waals surface area contributed by atoms with Gasteiger partial charge in [-0.3, -0.25) is 4.79 Å². The molecular formula is C23H34N2O2. The van der Waals surface area contributed by atoms with Crippen molar-refractivity contribution in [3.8, 4) is 0 Å². The van der Waals surface area contributed by atoms with Gasteiger partial charge < -0.3 is 14.6 Å². The van der Waals surface area contributed by atoms with E-state index in [0.29, 0.717) is 6.42 Å². The molecule has 27 heavy (non-hydrogen) atoms. The Labute approximate surface area is 163 Å². The van der Waals surface area contributed by atoms with Crippen molar-refractivity contribution in [1.29, 1.82) is 0 Å². The summed E-state index contributed by atoms with van der Waals surface area (Å²) >= 11 is 0. The molecule has 1 atom stereocenters. The Morgan fingerprint density at radius 2 is 1.78 bits per heavy atom. The van der Waals surface area contributed by atoms with E-state index >= 15 is 0 Å². The number of aromatic nitrogens is 1. The van der Waals surface area contributed by atoms with Gasteiger partial charge in [0.25, 0.3) is 0 Å². The van der Waals surface area contributed by atoms with Crippen LogP contribution >= 0.6 is 0 Å². The van der Waals surface area contributed by atoms with Gasteiger partial charge in [0.2, 0.25) is 0 Å². The van der Waals surface area contributed by atoms with Crippen LogP contribution in [0.15, 0.2) is 42.5 Å². The van der Waals surface area contributed by atoms with Crippen LogP contribution in [0.25, 0.3) is 0 Å². The summed E-state index contributed by atoms with van der Waals surface area (Å²) in [6, 6.07) is 14.4.